The van der Waals surface area contributed by atoms with E-state index < -0.39 is 29.9 Å². The molecular formula is C20H31ClO7. The zero-order valence-corrected chi connectivity index (χ0v) is 17.6. The summed E-state index contributed by atoms with van der Waals surface area (Å²) in [6.45, 7) is 7.62. The SMILES string of the molecule is CC(C)CC(=O)OCC1=COC(OC(=O)CC(C)C)C2C1CC(O)C2(O)CCl. The molecule has 28 heavy (non-hydrogen) atoms. The fourth-order valence-corrected chi connectivity index (χ4v) is 4.14. The molecule has 0 bridgehead atoms. The second-order valence-corrected chi connectivity index (χ2v) is 8.82. The molecule has 0 saturated heterocycles. The Morgan fingerprint density at radius 1 is 1.25 bits per heavy atom. The molecule has 0 radical (unpaired) electrons. The summed E-state index contributed by atoms with van der Waals surface area (Å²) in [7, 11) is 0. The van der Waals surface area contributed by atoms with E-state index in [1.807, 2.05) is 27.7 Å². The van der Waals surface area contributed by atoms with E-state index in [2.05, 4.69) is 0 Å². The maximum Gasteiger partial charge on any atom is 0.309 e. The summed E-state index contributed by atoms with van der Waals surface area (Å²) in [6.07, 6.45) is -0.0450. The topological polar surface area (TPSA) is 102 Å². The number of aliphatic hydroxyl groups is 2. The molecular weight excluding hydrogens is 388 g/mol. The number of hydrogen-bond acceptors (Lipinski definition) is 7. The molecule has 0 aromatic rings. The van der Waals surface area contributed by atoms with Gasteiger partial charge in [-0.1, -0.05) is 27.7 Å². The monoisotopic (exact) mass is 418 g/mol. The average molecular weight is 419 g/mol. The molecule has 0 aromatic heterocycles. The molecule has 1 heterocycles. The number of halogens is 1. The highest BCUT2D eigenvalue weighted by molar-refractivity contribution is 6.18. The van der Waals surface area contributed by atoms with Gasteiger partial charge in [0.1, 0.15) is 12.2 Å². The van der Waals surface area contributed by atoms with Gasteiger partial charge in [0.05, 0.1) is 24.2 Å². The number of aliphatic hydroxyl groups excluding tert-OH is 1. The molecule has 1 aliphatic carbocycles. The van der Waals surface area contributed by atoms with Crippen molar-refractivity contribution in [2.24, 2.45) is 23.7 Å². The lowest BCUT2D eigenvalue weighted by atomic mass is 9.81. The summed E-state index contributed by atoms with van der Waals surface area (Å²) >= 11 is 5.97. The lowest BCUT2D eigenvalue weighted by Gasteiger charge is -2.39. The number of esters is 2. The van der Waals surface area contributed by atoms with E-state index in [1.54, 1.807) is 0 Å². The quantitative estimate of drug-likeness (QED) is 0.460. The number of fused-ring (bicyclic) bond motifs is 1. The third kappa shape index (κ3) is 5.19. The van der Waals surface area contributed by atoms with Gasteiger partial charge in [-0.2, -0.15) is 0 Å². The Morgan fingerprint density at radius 2 is 1.86 bits per heavy atom. The van der Waals surface area contributed by atoms with Crippen molar-refractivity contribution in [1.82, 2.24) is 0 Å². The van der Waals surface area contributed by atoms with Gasteiger partial charge in [-0.25, -0.2) is 0 Å². The van der Waals surface area contributed by atoms with Crippen LogP contribution < -0.4 is 0 Å². The minimum Gasteiger partial charge on any atom is -0.462 e. The predicted molar refractivity (Wildman–Crippen MR) is 102 cm³/mol. The fraction of sp³-hybridized carbons (Fsp3) is 0.800. The second-order valence-electron chi connectivity index (χ2n) is 8.55. The van der Waals surface area contributed by atoms with Gasteiger partial charge in [0.2, 0.25) is 6.29 Å². The summed E-state index contributed by atoms with van der Waals surface area (Å²) in [6, 6.07) is 0. The molecule has 1 saturated carbocycles. The van der Waals surface area contributed by atoms with Crippen LogP contribution in [0.15, 0.2) is 11.8 Å². The van der Waals surface area contributed by atoms with Gasteiger partial charge in [-0.15, -0.1) is 11.6 Å². The minimum atomic E-state index is -1.67. The summed E-state index contributed by atoms with van der Waals surface area (Å²) in [5, 5.41) is 21.4. The highest BCUT2D eigenvalue weighted by atomic mass is 35.5. The van der Waals surface area contributed by atoms with E-state index in [0.717, 1.165) is 0 Å². The molecule has 2 N–H and O–H groups in total. The zero-order chi connectivity index (χ0) is 21.1. The number of carbonyl (C=O) groups excluding carboxylic acids is 2. The molecule has 1 fully saturated rings. The molecule has 2 rings (SSSR count). The number of hydrogen-bond donors (Lipinski definition) is 2. The normalized spacial score (nSPS) is 32.0. The van der Waals surface area contributed by atoms with Gasteiger partial charge in [0.15, 0.2) is 0 Å². The molecule has 0 aromatic carbocycles. The maximum atomic E-state index is 12.1. The summed E-state index contributed by atoms with van der Waals surface area (Å²) in [4.78, 5) is 24.0. The van der Waals surface area contributed by atoms with Crippen LogP contribution in [0, 0.1) is 23.7 Å². The molecule has 8 heteroatoms. The molecule has 160 valence electrons. The van der Waals surface area contributed by atoms with E-state index in [-0.39, 0.29) is 49.1 Å². The highest BCUT2D eigenvalue weighted by Crippen LogP contribution is 2.49. The first-order valence-electron chi connectivity index (χ1n) is 9.74. The van der Waals surface area contributed by atoms with E-state index >= 15 is 0 Å². The van der Waals surface area contributed by atoms with Crippen molar-refractivity contribution < 1.29 is 34.0 Å². The van der Waals surface area contributed by atoms with Crippen molar-refractivity contribution in [2.75, 3.05) is 12.5 Å². The highest BCUT2D eigenvalue weighted by Gasteiger charge is 2.60. The first-order valence-corrected chi connectivity index (χ1v) is 10.3. The van der Waals surface area contributed by atoms with Crippen LogP contribution >= 0.6 is 11.6 Å². The number of alkyl halides is 1. The summed E-state index contributed by atoms with van der Waals surface area (Å²) in [5.41, 5.74) is -1.05. The number of rotatable bonds is 8. The van der Waals surface area contributed by atoms with E-state index in [4.69, 9.17) is 25.8 Å². The molecule has 0 amide bonds. The minimum absolute atomic E-state index is 0.00946. The Kier molecular flexibility index (Phi) is 7.76. The van der Waals surface area contributed by atoms with Gasteiger partial charge in [0, 0.05) is 24.3 Å². The van der Waals surface area contributed by atoms with Gasteiger partial charge < -0.3 is 24.4 Å². The van der Waals surface area contributed by atoms with E-state index in [9.17, 15) is 19.8 Å². The van der Waals surface area contributed by atoms with E-state index in [1.165, 1.54) is 6.26 Å². The predicted octanol–water partition coefficient (Wildman–Crippen LogP) is 2.37. The number of carbonyl (C=O) groups is 2. The van der Waals surface area contributed by atoms with Crippen molar-refractivity contribution in [3.05, 3.63) is 11.8 Å². The lowest BCUT2D eigenvalue weighted by molar-refractivity contribution is -0.208. The van der Waals surface area contributed by atoms with Crippen LogP contribution in [0.25, 0.3) is 0 Å². The third-order valence-corrected chi connectivity index (χ3v) is 5.63. The third-order valence-electron chi connectivity index (χ3n) is 5.20. The van der Waals surface area contributed by atoms with Crippen molar-refractivity contribution >= 4 is 23.5 Å². The van der Waals surface area contributed by atoms with Crippen LogP contribution in [0.4, 0.5) is 0 Å². The largest absolute Gasteiger partial charge is 0.462 e. The van der Waals surface area contributed by atoms with Crippen molar-refractivity contribution in [3.63, 3.8) is 0 Å². The standard InChI is InChI=1S/C20H31ClO7/c1-11(2)5-16(23)26-8-13-9-27-19(28-17(24)6-12(3)4)18-14(13)7-15(22)20(18,25)10-21/h9,11-12,14-15,18-19,22,25H,5-8,10H2,1-4H3. The molecule has 5 atom stereocenters. The van der Waals surface area contributed by atoms with Crippen LogP contribution in [0.5, 0.6) is 0 Å². The van der Waals surface area contributed by atoms with Gasteiger partial charge in [0.25, 0.3) is 0 Å². The molecule has 1 aliphatic heterocycles. The van der Waals surface area contributed by atoms with Crippen molar-refractivity contribution in [3.8, 4) is 0 Å². The Morgan fingerprint density at radius 3 is 2.43 bits per heavy atom. The van der Waals surface area contributed by atoms with Crippen LogP contribution in [0.3, 0.4) is 0 Å². The maximum absolute atomic E-state index is 12.1. The first-order chi connectivity index (χ1) is 13.1. The van der Waals surface area contributed by atoms with Crippen molar-refractivity contribution in [2.45, 2.75) is 65.0 Å². The molecule has 2 aliphatic rings. The van der Waals surface area contributed by atoms with E-state index in [0.29, 0.717) is 12.0 Å². The van der Waals surface area contributed by atoms with Crippen LogP contribution in [0.1, 0.15) is 47.0 Å². The molecule has 0 spiro atoms. The summed E-state index contributed by atoms with van der Waals surface area (Å²) < 4.78 is 16.3. The molecule has 7 nitrogen and oxygen atoms in total. The molecule has 5 unspecified atom stereocenters. The summed E-state index contributed by atoms with van der Waals surface area (Å²) in [5.74, 6) is -1.86. The second kappa shape index (κ2) is 9.46. The lowest BCUT2D eigenvalue weighted by Crippen LogP contribution is -2.53. The number of ether oxygens (including phenoxy) is 3. The van der Waals surface area contributed by atoms with Gasteiger partial charge in [-0.3, -0.25) is 9.59 Å². The Bertz CT molecular complexity index is 603. The first kappa shape index (κ1) is 23.0. The fourth-order valence-electron chi connectivity index (χ4n) is 3.78. The zero-order valence-electron chi connectivity index (χ0n) is 16.9. The Balaban J connectivity index is 2.17. The Hall–Kier alpha value is -1.31. The Labute approximate surface area is 171 Å². The van der Waals surface area contributed by atoms with Crippen LogP contribution in [0.2, 0.25) is 0 Å². The average Bonchev–Trinajstić information content (AvgIpc) is 2.85. The van der Waals surface area contributed by atoms with Crippen LogP contribution in [-0.2, 0) is 23.8 Å². The van der Waals surface area contributed by atoms with Crippen LogP contribution in [-0.4, -0.2) is 52.6 Å². The van der Waals surface area contributed by atoms with Crippen molar-refractivity contribution in [1.29, 1.82) is 0 Å². The van der Waals surface area contributed by atoms with Gasteiger partial charge >= 0.3 is 11.9 Å². The van der Waals surface area contributed by atoms with Gasteiger partial charge in [-0.05, 0) is 18.3 Å². The smallest absolute Gasteiger partial charge is 0.309 e.